The number of hydrogen-bond donors (Lipinski definition) is 0. The Kier molecular flexibility index (Phi) is 5.88. The van der Waals surface area contributed by atoms with Gasteiger partial charge in [0.05, 0.1) is 12.8 Å². The Balaban J connectivity index is 1.89. The molecule has 0 saturated carbocycles. The number of amides is 2. The molecular weight excluding hydrogens is 431 g/mol. The van der Waals surface area contributed by atoms with E-state index in [2.05, 4.69) is 15.9 Å². The van der Waals surface area contributed by atoms with Crippen molar-refractivity contribution in [1.29, 1.82) is 0 Å². The van der Waals surface area contributed by atoms with E-state index in [1.165, 1.54) is 29.0 Å². The van der Waals surface area contributed by atoms with Gasteiger partial charge in [-0.05, 0) is 44.2 Å². The summed E-state index contributed by atoms with van der Waals surface area (Å²) in [6.45, 7) is 3.33. The van der Waals surface area contributed by atoms with Crippen LogP contribution < -0.4 is 19.3 Å². The summed E-state index contributed by atoms with van der Waals surface area (Å²) in [6.07, 6.45) is 0. The van der Waals surface area contributed by atoms with Gasteiger partial charge in [0.2, 0.25) is 5.91 Å². The first-order valence-corrected chi connectivity index (χ1v) is 9.49. The summed E-state index contributed by atoms with van der Waals surface area (Å²) < 4.78 is 25.3. The summed E-state index contributed by atoms with van der Waals surface area (Å²) in [7, 11) is 1.38. The molecule has 0 unspecified atom stereocenters. The minimum absolute atomic E-state index is 0.0998. The van der Waals surface area contributed by atoms with Crippen molar-refractivity contribution in [2.45, 2.75) is 19.9 Å². The summed E-state index contributed by atoms with van der Waals surface area (Å²) >= 11 is 3.36. The number of halogens is 2. The van der Waals surface area contributed by atoms with Gasteiger partial charge in [-0.15, -0.1) is 0 Å². The molecule has 0 atom stereocenters. The van der Waals surface area contributed by atoms with Crippen LogP contribution in [0, 0.1) is 5.82 Å². The molecule has 0 bridgehead atoms. The fourth-order valence-electron chi connectivity index (χ4n) is 3.10. The Morgan fingerprint density at radius 2 is 2.07 bits per heavy atom. The van der Waals surface area contributed by atoms with Gasteiger partial charge in [0.15, 0.2) is 18.2 Å². The summed E-state index contributed by atoms with van der Waals surface area (Å²) in [5, 5.41) is 0. The number of nitrogens with zero attached hydrogens (tertiary/aromatic N) is 2. The van der Waals surface area contributed by atoms with Crippen LogP contribution in [0.2, 0.25) is 0 Å². The Morgan fingerprint density at radius 1 is 1.32 bits per heavy atom. The van der Waals surface area contributed by atoms with E-state index in [-0.39, 0.29) is 36.8 Å². The number of fused-ring (bicyclic) bond motifs is 1. The van der Waals surface area contributed by atoms with Gasteiger partial charge >= 0.3 is 0 Å². The first kappa shape index (κ1) is 20.1. The number of hydrogen-bond acceptors (Lipinski definition) is 4. The van der Waals surface area contributed by atoms with Crippen molar-refractivity contribution in [3.63, 3.8) is 0 Å². The molecule has 0 aromatic heterocycles. The van der Waals surface area contributed by atoms with E-state index in [0.717, 1.165) is 4.47 Å². The van der Waals surface area contributed by atoms with E-state index in [1.807, 2.05) is 13.8 Å². The third kappa shape index (κ3) is 3.96. The largest absolute Gasteiger partial charge is 0.494 e. The highest BCUT2D eigenvalue weighted by Crippen LogP contribution is 2.35. The lowest BCUT2D eigenvalue weighted by Crippen LogP contribution is -2.48. The molecule has 0 spiro atoms. The van der Waals surface area contributed by atoms with Crippen LogP contribution in [0.1, 0.15) is 13.8 Å². The number of carbonyl (C=O) groups excluding carboxylic acids is 2. The van der Waals surface area contributed by atoms with E-state index in [1.54, 1.807) is 24.3 Å². The minimum Gasteiger partial charge on any atom is -0.494 e. The number of carbonyl (C=O) groups is 2. The predicted molar refractivity (Wildman–Crippen MR) is 108 cm³/mol. The molecule has 3 rings (SSSR count). The Morgan fingerprint density at radius 3 is 2.71 bits per heavy atom. The molecule has 28 heavy (non-hydrogen) atoms. The van der Waals surface area contributed by atoms with Crippen LogP contribution in [0.5, 0.6) is 11.5 Å². The van der Waals surface area contributed by atoms with Crippen LogP contribution in [-0.2, 0) is 9.59 Å². The Labute approximate surface area is 171 Å². The van der Waals surface area contributed by atoms with E-state index < -0.39 is 5.82 Å². The lowest BCUT2D eigenvalue weighted by molar-refractivity contribution is -0.124. The molecule has 8 heteroatoms. The molecule has 0 aliphatic carbocycles. The van der Waals surface area contributed by atoms with Crippen molar-refractivity contribution in [3.05, 3.63) is 46.7 Å². The molecule has 1 heterocycles. The maximum absolute atomic E-state index is 14.1. The van der Waals surface area contributed by atoms with Gasteiger partial charge in [-0.25, -0.2) is 4.39 Å². The molecular formula is C20H20BrFN2O4. The monoisotopic (exact) mass is 450 g/mol. The first-order chi connectivity index (χ1) is 13.3. The second kappa shape index (κ2) is 8.18. The molecule has 1 aliphatic rings. The van der Waals surface area contributed by atoms with Crippen LogP contribution in [0.3, 0.4) is 0 Å². The lowest BCUT2D eigenvalue weighted by atomic mass is 10.2. The maximum Gasteiger partial charge on any atom is 0.265 e. The number of anilines is 2. The zero-order valence-electron chi connectivity index (χ0n) is 15.7. The van der Waals surface area contributed by atoms with Crippen LogP contribution in [0.25, 0.3) is 0 Å². The SMILES string of the molecule is COc1ccc(N(C(=O)CN2C(=O)COc3cc(Br)ccc32)C(C)C)cc1F. The molecule has 0 fully saturated rings. The molecule has 148 valence electrons. The second-order valence-electron chi connectivity index (χ2n) is 6.56. The molecule has 0 radical (unpaired) electrons. The van der Waals surface area contributed by atoms with Gasteiger partial charge in [-0.2, -0.15) is 0 Å². The normalized spacial score (nSPS) is 13.2. The topological polar surface area (TPSA) is 59.1 Å². The van der Waals surface area contributed by atoms with Crippen molar-refractivity contribution in [2.75, 3.05) is 30.1 Å². The van der Waals surface area contributed by atoms with E-state index >= 15 is 0 Å². The Bertz CT molecular complexity index is 919. The van der Waals surface area contributed by atoms with Gasteiger partial charge in [0.25, 0.3) is 5.91 Å². The first-order valence-electron chi connectivity index (χ1n) is 8.70. The van der Waals surface area contributed by atoms with Gasteiger partial charge in [-0.1, -0.05) is 15.9 Å². The summed E-state index contributed by atoms with van der Waals surface area (Å²) in [5.41, 5.74) is 0.924. The third-order valence-electron chi connectivity index (χ3n) is 4.36. The van der Waals surface area contributed by atoms with Crippen molar-refractivity contribution in [2.24, 2.45) is 0 Å². The number of ether oxygens (including phenoxy) is 2. The van der Waals surface area contributed by atoms with Gasteiger partial charge < -0.3 is 14.4 Å². The van der Waals surface area contributed by atoms with Crippen molar-refractivity contribution < 1.29 is 23.5 Å². The smallest absolute Gasteiger partial charge is 0.265 e. The molecule has 1 aliphatic heterocycles. The van der Waals surface area contributed by atoms with E-state index in [4.69, 9.17) is 9.47 Å². The van der Waals surface area contributed by atoms with E-state index in [0.29, 0.717) is 17.1 Å². The van der Waals surface area contributed by atoms with Gasteiger partial charge in [0.1, 0.15) is 12.3 Å². The molecule has 2 amide bonds. The third-order valence-corrected chi connectivity index (χ3v) is 4.85. The molecule has 2 aromatic carbocycles. The zero-order valence-corrected chi connectivity index (χ0v) is 17.3. The molecule has 2 aromatic rings. The average molecular weight is 451 g/mol. The van der Waals surface area contributed by atoms with E-state index in [9.17, 15) is 14.0 Å². The number of benzene rings is 2. The quantitative estimate of drug-likeness (QED) is 0.695. The minimum atomic E-state index is -0.559. The van der Waals surface area contributed by atoms with Crippen molar-refractivity contribution in [3.8, 4) is 11.5 Å². The zero-order chi connectivity index (χ0) is 20.4. The van der Waals surface area contributed by atoms with Crippen LogP contribution >= 0.6 is 15.9 Å². The summed E-state index contributed by atoms with van der Waals surface area (Å²) in [5.74, 6) is -0.580. The molecule has 0 saturated heterocycles. The highest BCUT2D eigenvalue weighted by atomic mass is 79.9. The fraction of sp³-hybridized carbons (Fsp3) is 0.300. The summed E-state index contributed by atoms with van der Waals surface area (Å²) in [6, 6.07) is 9.35. The Hall–Kier alpha value is -2.61. The summed E-state index contributed by atoms with van der Waals surface area (Å²) in [4.78, 5) is 28.3. The van der Waals surface area contributed by atoms with Crippen LogP contribution in [0.4, 0.5) is 15.8 Å². The van der Waals surface area contributed by atoms with Crippen LogP contribution in [0.15, 0.2) is 40.9 Å². The number of rotatable bonds is 5. The highest BCUT2D eigenvalue weighted by Gasteiger charge is 2.30. The van der Waals surface area contributed by atoms with Gasteiger partial charge in [-0.3, -0.25) is 14.5 Å². The highest BCUT2D eigenvalue weighted by molar-refractivity contribution is 9.10. The fourth-order valence-corrected chi connectivity index (χ4v) is 3.44. The van der Waals surface area contributed by atoms with Gasteiger partial charge in [0, 0.05) is 22.3 Å². The molecule has 0 N–H and O–H groups in total. The standard InChI is InChI=1S/C20H20BrFN2O4/c1-12(2)24(14-5-7-17(27-3)15(22)9-14)19(25)10-23-16-6-4-13(21)8-18(16)28-11-20(23)26/h4-9,12H,10-11H2,1-3H3. The lowest BCUT2D eigenvalue weighted by Gasteiger charge is -2.33. The molecule has 6 nitrogen and oxygen atoms in total. The average Bonchev–Trinajstić information content (AvgIpc) is 2.64. The van der Waals surface area contributed by atoms with Crippen molar-refractivity contribution >= 4 is 39.1 Å². The second-order valence-corrected chi connectivity index (χ2v) is 7.47. The number of methoxy groups -OCH3 is 1. The van der Waals surface area contributed by atoms with Crippen LogP contribution in [-0.4, -0.2) is 38.1 Å². The maximum atomic E-state index is 14.1. The predicted octanol–water partition coefficient (Wildman–Crippen LogP) is 3.76. The van der Waals surface area contributed by atoms with Crippen molar-refractivity contribution in [1.82, 2.24) is 0 Å².